The molecule has 5 rings (SSSR count). The van der Waals surface area contributed by atoms with Crippen molar-refractivity contribution in [1.82, 2.24) is 19.4 Å². The number of imidazole rings is 1. The second kappa shape index (κ2) is 6.74. The van der Waals surface area contributed by atoms with Gasteiger partial charge in [-0.25, -0.2) is 4.79 Å². The number of nitrogens with one attached hydrogen (secondary N) is 2. The van der Waals surface area contributed by atoms with Crippen molar-refractivity contribution in [3.63, 3.8) is 0 Å². The van der Waals surface area contributed by atoms with Gasteiger partial charge in [0, 0.05) is 30.2 Å². The molecular weight excluding hydrogens is 336 g/mol. The first-order valence-corrected chi connectivity index (χ1v) is 9.75. The molecule has 4 aromatic rings. The fraction of sp³-hybridized carbons (Fsp3) is 0.318. The van der Waals surface area contributed by atoms with Crippen LogP contribution in [0.1, 0.15) is 24.3 Å². The lowest BCUT2D eigenvalue weighted by molar-refractivity contribution is 0.206. The predicted molar refractivity (Wildman–Crippen MR) is 109 cm³/mol. The van der Waals surface area contributed by atoms with Crippen LogP contribution in [0.25, 0.3) is 21.9 Å². The fourth-order valence-electron chi connectivity index (χ4n) is 4.47. The molecule has 138 valence electrons. The number of rotatable bonds is 4. The highest BCUT2D eigenvalue weighted by Crippen LogP contribution is 2.33. The van der Waals surface area contributed by atoms with Gasteiger partial charge in [0.05, 0.1) is 11.0 Å². The number of piperidine rings is 1. The summed E-state index contributed by atoms with van der Waals surface area (Å²) < 4.78 is 1.86. The quantitative estimate of drug-likeness (QED) is 0.583. The maximum Gasteiger partial charge on any atom is 0.326 e. The van der Waals surface area contributed by atoms with Crippen molar-refractivity contribution >= 4 is 21.9 Å². The number of para-hydroxylation sites is 3. The summed E-state index contributed by atoms with van der Waals surface area (Å²) in [7, 11) is 0. The van der Waals surface area contributed by atoms with E-state index in [0.717, 1.165) is 37.2 Å². The zero-order chi connectivity index (χ0) is 18.2. The van der Waals surface area contributed by atoms with Crippen molar-refractivity contribution in [2.75, 3.05) is 19.6 Å². The van der Waals surface area contributed by atoms with Gasteiger partial charge in [0.25, 0.3) is 0 Å². The third-order valence-electron chi connectivity index (χ3n) is 5.97. The van der Waals surface area contributed by atoms with Crippen molar-refractivity contribution in [2.45, 2.75) is 25.3 Å². The maximum absolute atomic E-state index is 12.2. The Balaban J connectivity index is 1.25. The maximum atomic E-state index is 12.2. The van der Waals surface area contributed by atoms with Crippen LogP contribution in [-0.2, 0) is 6.54 Å². The van der Waals surface area contributed by atoms with Crippen molar-refractivity contribution < 1.29 is 0 Å². The molecule has 1 aliphatic rings. The Bertz CT molecular complexity index is 1130. The van der Waals surface area contributed by atoms with Crippen LogP contribution in [0.15, 0.2) is 59.5 Å². The molecule has 0 bridgehead atoms. The first-order valence-electron chi connectivity index (χ1n) is 9.75. The van der Waals surface area contributed by atoms with E-state index in [1.807, 2.05) is 28.8 Å². The third-order valence-corrected chi connectivity index (χ3v) is 5.97. The van der Waals surface area contributed by atoms with Gasteiger partial charge in [0.1, 0.15) is 0 Å². The molecule has 0 spiro atoms. The Kier molecular flexibility index (Phi) is 4.09. The normalized spacial score (nSPS) is 16.4. The summed E-state index contributed by atoms with van der Waals surface area (Å²) in [5.41, 5.74) is 4.59. The van der Waals surface area contributed by atoms with Crippen LogP contribution in [0.2, 0.25) is 0 Å². The summed E-state index contributed by atoms with van der Waals surface area (Å²) in [6.07, 6.45) is 4.53. The van der Waals surface area contributed by atoms with E-state index >= 15 is 0 Å². The number of H-pyrrole nitrogens is 2. The van der Waals surface area contributed by atoms with Crippen LogP contribution in [-0.4, -0.2) is 39.1 Å². The first-order chi connectivity index (χ1) is 13.3. The van der Waals surface area contributed by atoms with E-state index in [0.29, 0.717) is 5.92 Å². The van der Waals surface area contributed by atoms with E-state index in [2.05, 4.69) is 45.3 Å². The Morgan fingerprint density at radius 2 is 1.67 bits per heavy atom. The molecule has 2 aromatic heterocycles. The van der Waals surface area contributed by atoms with Crippen LogP contribution in [0.5, 0.6) is 0 Å². The Morgan fingerprint density at radius 3 is 2.52 bits per heavy atom. The fourth-order valence-corrected chi connectivity index (χ4v) is 4.47. The second-order valence-electron chi connectivity index (χ2n) is 7.50. The van der Waals surface area contributed by atoms with Crippen molar-refractivity contribution in [1.29, 1.82) is 0 Å². The topological polar surface area (TPSA) is 56.8 Å². The lowest BCUT2D eigenvalue weighted by Gasteiger charge is -2.32. The highest BCUT2D eigenvalue weighted by Gasteiger charge is 2.22. The molecule has 5 nitrogen and oxygen atoms in total. The zero-order valence-electron chi connectivity index (χ0n) is 15.3. The zero-order valence-corrected chi connectivity index (χ0v) is 15.3. The summed E-state index contributed by atoms with van der Waals surface area (Å²) in [6, 6.07) is 16.5. The lowest BCUT2D eigenvalue weighted by Crippen LogP contribution is -2.36. The lowest BCUT2D eigenvalue weighted by atomic mass is 9.89. The number of aromatic amines is 2. The van der Waals surface area contributed by atoms with Crippen LogP contribution in [0, 0.1) is 0 Å². The minimum Gasteiger partial charge on any atom is -0.361 e. The SMILES string of the molecule is O=c1[nH]c2ccccc2n1CCN1CCC(c2c[nH]c3ccccc23)CC1. The molecule has 5 heteroatoms. The van der Waals surface area contributed by atoms with Crippen LogP contribution in [0.4, 0.5) is 0 Å². The average molecular weight is 360 g/mol. The number of likely N-dealkylation sites (tertiary alicyclic amines) is 1. The van der Waals surface area contributed by atoms with Gasteiger partial charge in [-0.2, -0.15) is 0 Å². The van der Waals surface area contributed by atoms with E-state index < -0.39 is 0 Å². The summed E-state index contributed by atoms with van der Waals surface area (Å²) in [6.45, 7) is 3.82. The first kappa shape index (κ1) is 16.4. The largest absolute Gasteiger partial charge is 0.361 e. The number of benzene rings is 2. The number of nitrogens with zero attached hydrogens (tertiary/aromatic N) is 2. The molecule has 27 heavy (non-hydrogen) atoms. The molecule has 3 heterocycles. The minimum absolute atomic E-state index is 0.00937. The Morgan fingerprint density at radius 1 is 0.926 bits per heavy atom. The standard InChI is InChI=1S/C22H24N4O/c27-22-24-20-7-3-4-8-21(20)26(22)14-13-25-11-9-16(10-12-25)18-15-23-19-6-2-1-5-17(18)19/h1-8,15-16,23H,9-14H2,(H,24,27). The van der Waals surface area contributed by atoms with Crippen molar-refractivity contribution in [2.24, 2.45) is 0 Å². The highest BCUT2D eigenvalue weighted by atomic mass is 16.1. The predicted octanol–water partition coefficient (Wildman–Crippen LogP) is 3.69. The molecular formula is C22H24N4O. The molecule has 1 aliphatic heterocycles. The average Bonchev–Trinajstić information content (AvgIpc) is 3.27. The summed E-state index contributed by atoms with van der Waals surface area (Å²) in [5, 5.41) is 1.36. The molecule has 2 N–H and O–H groups in total. The molecule has 1 fully saturated rings. The number of hydrogen-bond acceptors (Lipinski definition) is 2. The van der Waals surface area contributed by atoms with E-state index in [1.54, 1.807) is 0 Å². The van der Waals surface area contributed by atoms with Gasteiger partial charge in [-0.15, -0.1) is 0 Å². The third kappa shape index (κ3) is 2.98. The van der Waals surface area contributed by atoms with E-state index in [4.69, 9.17) is 0 Å². The van der Waals surface area contributed by atoms with Gasteiger partial charge < -0.3 is 14.9 Å². The number of hydrogen-bond donors (Lipinski definition) is 2. The smallest absolute Gasteiger partial charge is 0.326 e. The molecule has 2 aromatic carbocycles. The second-order valence-corrected chi connectivity index (χ2v) is 7.50. The molecule has 0 radical (unpaired) electrons. The van der Waals surface area contributed by atoms with Gasteiger partial charge >= 0.3 is 5.69 Å². The molecule has 0 unspecified atom stereocenters. The summed E-state index contributed by atoms with van der Waals surface area (Å²) in [5.74, 6) is 0.619. The van der Waals surface area contributed by atoms with Crippen molar-refractivity contribution in [3.05, 3.63) is 70.8 Å². The minimum atomic E-state index is -0.00937. The Labute approximate surface area is 157 Å². The molecule has 1 saturated heterocycles. The molecule has 0 saturated carbocycles. The monoisotopic (exact) mass is 360 g/mol. The summed E-state index contributed by atoms with van der Waals surface area (Å²) >= 11 is 0. The Hall–Kier alpha value is -2.79. The van der Waals surface area contributed by atoms with E-state index in [1.165, 1.54) is 29.3 Å². The van der Waals surface area contributed by atoms with Crippen LogP contribution >= 0.6 is 0 Å². The highest BCUT2D eigenvalue weighted by molar-refractivity contribution is 5.83. The van der Waals surface area contributed by atoms with Crippen molar-refractivity contribution in [3.8, 4) is 0 Å². The van der Waals surface area contributed by atoms with E-state index in [-0.39, 0.29) is 5.69 Å². The van der Waals surface area contributed by atoms with Gasteiger partial charge in [0.2, 0.25) is 0 Å². The number of aromatic nitrogens is 3. The van der Waals surface area contributed by atoms with Gasteiger partial charge in [-0.3, -0.25) is 4.57 Å². The molecule has 0 atom stereocenters. The number of fused-ring (bicyclic) bond motifs is 2. The van der Waals surface area contributed by atoms with Gasteiger partial charge in [-0.1, -0.05) is 30.3 Å². The van der Waals surface area contributed by atoms with Crippen LogP contribution in [0.3, 0.4) is 0 Å². The van der Waals surface area contributed by atoms with E-state index in [9.17, 15) is 4.79 Å². The van der Waals surface area contributed by atoms with Gasteiger partial charge in [-0.05, 0) is 55.6 Å². The summed E-state index contributed by atoms with van der Waals surface area (Å²) in [4.78, 5) is 21.1. The molecule has 0 aliphatic carbocycles. The molecule has 0 amide bonds. The van der Waals surface area contributed by atoms with Gasteiger partial charge in [0.15, 0.2) is 0 Å². The van der Waals surface area contributed by atoms with Crippen LogP contribution < -0.4 is 5.69 Å².